The van der Waals surface area contributed by atoms with Gasteiger partial charge < -0.3 is 30.4 Å². The first-order chi connectivity index (χ1) is 17.9. The molecule has 0 aliphatic carbocycles. The van der Waals surface area contributed by atoms with Crippen molar-refractivity contribution >= 4 is 29.4 Å². The number of hydrogen-bond acceptors (Lipinski definition) is 8. The molecule has 0 bridgehead atoms. The maximum Gasteiger partial charge on any atom is 0.338 e. The third-order valence-electron chi connectivity index (χ3n) is 5.15. The zero-order valence-electron chi connectivity index (χ0n) is 20.9. The maximum absolute atomic E-state index is 12.1. The summed E-state index contributed by atoms with van der Waals surface area (Å²) in [6.07, 6.45) is 6.30. The lowest BCUT2D eigenvalue weighted by molar-refractivity contribution is -0.128. The second-order valence-electron chi connectivity index (χ2n) is 8.22. The number of rotatable bonds is 13. The Bertz CT molecular complexity index is 1170. The largest absolute Gasteiger partial charge is 0.494 e. The van der Waals surface area contributed by atoms with Crippen molar-refractivity contribution in [1.29, 1.82) is 0 Å². The monoisotopic (exact) mass is 504 g/mol. The lowest BCUT2D eigenvalue weighted by atomic mass is 10.2. The number of benzene rings is 3. The van der Waals surface area contributed by atoms with Gasteiger partial charge in [0.05, 0.1) is 12.2 Å². The van der Waals surface area contributed by atoms with E-state index in [1.54, 1.807) is 60.7 Å². The van der Waals surface area contributed by atoms with Gasteiger partial charge in [-0.25, -0.2) is 9.59 Å². The lowest BCUT2D eigenvalue weighted by Gasteiger charge is -2.08. The molecule has 0 saturated heterocycles. The average Bonchev–Trinajstić information content (AvgIpc) is 2.89. The van der Waals surface area contributed by atoms with Gasteiger partial charge in [0, 0.05) is 17.5 Å². The Balaban J connectivity index is 1.38. The van der Waals surface area contributed by atoms with E-state index in [-0.39, 0.29) is 18.8 Å². The molecule has 0 radical (unpaired) electrons. The number of carbonyl (C=O) groups excluding carboxylic acids is 2. The fourth-order valence-electron chi connectivity index (χ4n) is 3.31. The summed E-state index contributed by atoms with van der Waals surface area (Å²) in [7, 11) is 0. The van der Waals surface area contributed by atoms with Crippen LogP contribution in [0, 0.1) is 0 Å². The highest BCUT2D eigenvalue weighted by Crippen LogP contribution is 2.19. The molecule has 0 spiro atoms. The van der Waals surface area contributed by atoms with Crippen molar-refractivity contribution in [3.05, 3.63) is 83.9 Å². The number of anilines is 2. The van der Waals surface area contributed by atoms with Crippen LogP contribution in [0.3, 0.4) is 0 Å². The fraction of sp³-hybridized carbons (Fsp3) is 0.241. The van der Waals surface area contributed by atoms with Crippen molar-refractivity contribution in [2.45, 2.75) is 26.2 Å². The van der Waals surface area contributed by atoms with Gasteiger partial charge in [-0.2, -0.15) is 0 Å². The Morgan fingerprint density at radius 1 is 0.757 bits per heavy atom. The van der Waals surface area contributed by atoms with E-state index >= 15 is 0 Å². The Morgan fingerprint density at radius 3 is 2.00 bits per heavy atom. The summed E-state index contributed by atoms with van der Waals surface area (Å²) in [5, 5.41) is 0. The molecular formula is C29H32N2O6. The summed E-state index contributed by atoms with van der Waals surface area (Å²) >= 11 is 0. The van der Waals surface area contributed by atoms with Gasteiger partial charge in [0.2, 0.25) is 0 Å². The van der Waals surface area contributed by atoms with Crippen LogP contribution in [0.5, 0.6) is 17.2 Å². The van der Waals surface area contributed by atoms with Crippen LogP contribution >= 0.6 is 0 Å². The summed E-state index contributed by atoms with van der Waals surface area (Å²) in [5.41, 5.74) is 13.3. The van der Waals surface area contributed by atoms with Crippen LogP contribution in [0.4, 0.5) is 11.4 Å². The molecule has 0 fully saturated rings. The number of esters is 2. The molecule has 4 N–H and O–H groups in total. The first-order valence-corrected chi connectivity index (χ1v) is 12.1. The van der Waals surface area contributed by atoms with E-state index in [4.69, 9.17) is 30.4 Å². The Hall–Kier alpha value is -4.46. The molecule has 3 aromatic rings. The van der Waals surface area contributed by atoms with Crippen molar-refractivity contribution in [3.8, 4) is 17.2 Å². The second kappa shape index (κ2) is 14.2. The van der Waals surface area contributed by atoms with E-state index in [1.165, 1.54) is 18.2 Å². The SMILES string of the molecule is CCCCCOc1ccc(OC(=O)C=Cc2ccc(OCCOC(=O)c3cc(N)cc(N)c3)cc2)cc1. The number of unbranched alkanes of at least 4 members (excludes halogenated alkanes) is 2. The van der Waals surface area contributed by atoms with Crippen LogP contribution in [0.25, 0.3) is 6.08 Å². The van der Waals surface area contributed by atoms with Gasteiger partial charge in [-0.05, 0) is 72.7 Å². The summed E-state index contributed by atoms with van der Waals surface area (Å²) in [4.78, 5) is 24.2. The fourth-order valence-corrected chi connectivity index (χ4v) is 3.31. The first-order valence-electron chi connectivity index (χ1n) is 12.1. The lowest BCUT2D eigenvalue weighted by Crippen LogP contribution is -2.13. The number of carbonyl (C=O) groups is 2. The molecular weight excluding hydrogens is 472 g/mol. The molecule has 0 amide bonds. The quantitative estimate of drug-likeness (QED) is 0.106. The highest BCUT2D eigenvalue weighted by Gasteiger charge is 2.09. The van der Waals surface area contributed by atoms with E-state index in [9.17, 15) is 9.59 Å². The molecule has 3 aromatic carbocycles. The van der Waals surface area contributed by atoms with Crippen molar-refractivity contribution in [2.75, 3.05) is 31.3 Å². The highest BCUT2D eigenvalue weighted by molar-refractivity contribution is 5.91. The standard InChI is InChI=1S/C29H32N2O6/c1-2-3-4-15-34-26-10-12-27(13-11-26)37-28(32)14-7-21-5-8-25(9-6-21)35-16-17-36-29(33)22-18-23(30)20-24(31)19-22/h5-14,18-20H,2-4,15-17,30-31H2,1H3. The molecule has 0 aliphatic rings. The van der Waals surface area contributed by atoms with Crippen LogP contribution in [0.15, 0.2) is 72.8 Å². The highest BCUT2D eigenvalue weighted by atomic mass is 16.6. The number of nitrogens with two attached hydrogens (primary N) is 2. The molecule has 0 heterocycles. The second-order valence-corrected chi connectivity index (χ2v) is 8.22. The van der Waals surface area contributed by atoms with Crippen LogP contribution in [0.2, 0.25) is 0 Å². The third-order valence-corrected chi connectivity index (χ3v) is 5.15. The minimum absolute atomic E-state index is 0.0625. The van der Waals surface area contributed by atoms with Gasteiger partial charge in [-0.15, -0.1) is 0 Å². The number of ether oxygens (including phenoxy) is 4. The van der Waals surface area contributed by atoms with Crippen LogP contribution < -0.4 is 25.7 Å². The smallest absolute Gasteiger partial charge is 0.338 e. The number of hydrogen-bond donors (Lipinski definition) is 2. The minimum atomic E-state index is -0.526. The molecule has 37 heavy (non-hydrogen) atoms. The van der Waals surface area contributed by atoms with Crippen molar-refractivity contribution in [2.24, 2.45) is 0 Å². The van der Waals surface area contributed by atoms with Crippen LogP contribution in [0.1, 0.15) is 42.1 Å². The van der Waals surface area contributed by atoms with Crippen molar-refractivity contribution in [3.63, 3.8) is 0 Å². The summed E-state index contributed by atoms with van der Waals surface area (Å²) in [6.45, 7) is 3.06. The van der Waals surface area contributed by atoms with E-state index in [1.807, 2.05) is 0 Å². The molecule has 0 saturated carbocycles. The molecule has 0 aliphatic heterocycles. The van der Waals surface area contributed by atoms with E-state index in [0.29, 0.717) is 29.5 Å². The zero-order valence-corrected chi connectivity index (χ0v) is 20.9. The van der Waals surface area contributed by atoms with Gasteiger partial charge >= 0.3 is 11.9 Å². The Labute approximate surface area is 216 Å². The van der Waals surface area contributed by atoms with Gasteiger partial charge in [0.1, 0.15) is 30.5 Å². The van der Waals surface area contributed by atoms with Gasteiger partial charge in [0.15, 0.2) is 0 Å². The molecule has 194 valence electrons. The number of nitrogen functional groups attached to an aromatic ring is 2. The molecule has 0 atom stereocenters. The zero-order chi connectivity index (χ0) is 26.5. The molecule has 8 heteroatoms. The summed E-state index contributed by atoms with van der Waals surface area (Å²) in [5.74, 6) is 0.779. The predicted octanol–water partition coefficient (Wildman–Crippen LogP) is 5.27. The maximum atomic E-state index is 12.1. The van der Waals surface area contributed by atoms with Crippen molar-refractivity contribution < 1.29 is 28.5 Å². The van der Waals surface area contributed by atoms with Gasteiger partial charge in [0.25, 0.3) is 0 Å². The van der Waals surface area contributed by atoms with E-state index in [2.05, 4.69) is 6.92 Å². The average molecular weight is 505 g/mol. The van der Waals surface area contributed by atoms with Crippen LogP contribution in [-0.4, -0.2) is 31.8 Å². The predicted molar refractivity (Wildman–Crippen MR) is 144 cm³/mol. The Morgan fingerprint density at radius 2 is 1.35 bits per heavy atom. The summed E-state index contributed by atoms with van der Waals surface area (Å²) < 4.78 is 21.8. The van der Waals surface area contributed by atoms with E-state index in [0.717, 1.165) is 30.6 Å². The molecule has 0 aromatic heterocycles. The van der Waals surface area contributed by atoms with Gasteiger partial charge in [-0.1, -0.05) is 31.9 Å². The normalized spacial score (nSPS) is 10.7. The van der Waals surface area contributed by atoms with Crippen molar-refractivity contribution in [1.82, 2.24) is 0 Å². The first kappa shape index (κ1) is 27.1. The van der Waals surface area contributed by atoms with E-state index < -0.39 is 11.9 Å². The van der Waals surface area contributed by atoms with Gasteiger partial charge in [-0.3, -0.25) is 0 Å². The third kappa shape index (κ3) is 9.60. The summed E-state index contributed by atoms with van der Waals surface area (Å²) in [6, 6.07) is 18.6. The topological polar surface area (TPSA) is 123 Å². The molecule has 8 nitrogen and oxygen atoms in total. The Kier molecular flexibility index (Phi) is 10.4. The molecule has 0 unspecified atom stereocenters. The minimum Gasteiger partial charge on any atom is -0.494 e. The molecule has 3 rings (SSSR count). The van der Waals surface area contributed by atoms with Crippen LogP contribution in [-0.2, 0) is 9.53 Å².